The molecule has 7 nitrogen and oxygen atoms in total. The minimum atomic E-state index is -3.87. The van der Waals surface area contributed by atoms with Crippen molar-refractivity contribution in [3.63, 3.8) is 0 Å². The summed E-state index contributed by atoms with van der Waals surface area (Å²) in [4.78, 5) is 23.0. The van der Waals surface area contributed by atoms with Gasteiger partial charge in [-0.25, -0.2) is 13.2 Å². The van der Waals surface area contributed by atoms with Gasteiger partial charge in [-0.15, -0.1) is 6.58 Å². The second-order valence-corrected chi connectivity index (χ2v) is 7.66. The fraction of sp³-hybridized carbons (Fsp3) is 0.200. The first-order valence-corrected chi connectivity index (χ1v) is 10.0. The van der Waals surface area contributed by atoms with E-state index in [-0.39, 0.29) is 24.0 Å². The summed E-state index contributed by atoms with van der Waals surface area (Å²) in [5.74, 6) is -0.716. The third kappa shape index (κ3) is 4.98. The Labute approximate surface area is 164 Å². The molecule has 148 valence electrons. The topological polar surface area (TPSA) is 92.8 Å². The highest BCUT2D eigenvalue weighted by Gasteiger charge is 2.24. The summed E-state index contributed by atoms with van der Waals surface area (Å²) in [6.07, 6.45) is 1.47. The smallest absolute Gasteiger partial charge is 0.338 e. The fourth-order valence-electron chi connectivity index (χ4n) is 2.48. The van der Waals surface area contributed by atoms with Gasteiger partial charge < -0.3 is 10.1 Å². The number of hydrogen-bond acceptors (Lipinski definition) is 5. The number of nitrogens with zero attached hydrogens (tertiary/aromatic N) is 1. The second kappa shape index (κ2) is 9.18. The van der Waals surface area contributed by atoms with Gasteiger partial charge in [0.1, 0.15) is 0 Å². The number of anilines is 2. The third-order valence-electron chi connectivity index (χ3n) is 3.72. The van der Waals surface area contributed by atoms with Gasteiger partial charge in [-0.05, 0) is 55.5 Å². The van der Waals surface area contributed by atoms with Crippen LogP contribution in [0.2, 0.25) is 0 Å². The minimum absolute atomic E-state index is 0.0501. The molecule has 0 unspecified atom stereocenters. The van der Waals surface area contributed by atoms with E-state index in [1.165, 1.54) is 53.7 Å². The highest BCUT2D eigenvalue weighted by Crippen LogP contribution is 2.25. The molecule has 28 heavy (non-hydrogen) atoms. The molecule has 0 saturated heterocycles. The van der Waals surface area contributed by atoms with Crippen molar-refractivity contribution in [2.24, 2.45) is 0 Å². The van der Waals surface area contributed by atoms with Gasteiger partial charge >= 0.3 is 5.97 Å². The Morgan fingerprint density at radius 3 is 2.21 bits per heavy atom. The molecule has 2 aromatic carbocycles. The highest BCUT2D eigenvalue weighted by molar-refractivity contribution is 7.92. The summed E-state index contributed by atoms with van der Waals surface area (Å²) in [6.45, 7) is 7.01. The van der Waals surface area contributed by atoms with Crippen molar-refractivity contribution in [3.8, 4) is 0 Å². The molecule has 2 rings (SSSR count). The Kier molecular flexibility index (Phi) is 6.94. The number of esters is 1. The zero-order chi connectivity index (χ0) is 20.7. The first-order valence-electron chi connectivity index (χ1n) is 8.58. The Morgan fingerprint density at radius 1 is 1.11 bits per heavy atom. The van der Waals surface area contributed by atoms with E-state index in [0.29, 0.717) is 16.9 Å². The van der Waals surface area contributed by atoms with Crippen LogP contribution < -0.4 is 9.62 Å². The third-order valence-corrected chi connectivity index (χ3v) is 5.53. The molecule has 0 aliphatic heterocycles. The lowest BCUT2D eigenvalue weighted by molar-refractivity contribution is -0.114. The maximum absolute atomic E-state index is 13.1. The summed E-state index contributed by atoms with van der Waals surface area (Å²) in [7, 11) is -3.87. The number of carbonyl (C=O) groups excluding carboxylic acids is 2. The van der Waals surface area contributed by atoms with Gasteiger partial charge in [0.2, 0.25) is 5.91 Å². The Balaban J connectivity index is 2.34. The van der Waals surface area contributed by atoms with Crippen LogP contribution in [-0.4, -0.2) is 33.4 Å². The molecule has 0 bridgehead atoms. The summed E-state index contributed by atoms with van der Waals surface area (Å²) in [5.41, 5.74) is 1.22. The monoisotopic (exact) mass is 402 g/mol. The number of carbonyl (C=O) groups is 2. The SMILES string of the molecule is C=CCN(c1ccc(C(=O)OCC)cc1)S(=O)(=O)c1ccc(NC(C)=O)cc1. The lowest BCUT2D eigenvalue weighted by atomic mass is 10.2. The van der Waals surface area contributed by atoms with Crippen LogP contribution in [-0.2, 0) is 19.6 Å². The first kappa shape index (κ1) is 21.2. The quantitative estimate of drug-likeness (QED) is 0.541. The van der Waals surface area contributed by atoms with Gasteiger partial charge in [-0.2, -0.15) is 0 Å². The van der Waals surface area contributed by atoms with Crippen molar-refractivity contribution in [1.29, 1.82) is 0 Å². The molecule has 8 heteroatoms. The van der Waals surface area contributed by atoms with Gasteiger partial charge in [0, 0.05) is 12.6 Å². The highest BCUT2D eigenvalue weighted by atomic mass is 32.2. The van der Waals surface area contributed by atoms with Gasteiger partial charge in [-0.3, -0.25) is 9.10 Å². The normalized spacial score (nSPS) is 10.8. The molecule has 0 fully saturated rings. The van der Waals surface area contributed by atoms with E-state index in [0.717, 1.165) is 0 Å². The van der Waals surface area contributed by atoms with E-state index in [9.17, 15) is 18.0 Å². The van der Waals surface area contributed by atoms with Crippen molar-refractivity contribution in [3.05, 3.63) is 66.7 Å². The molecule has 0 saturated carbocycles. The van der Waals surface area contributed by atoms with E-state index in [1.807, 2.05) is 0 Å². The molecule has 2 aromatic rings. The van der Waals surface area contributed by atoms with Crippen LogP contribution in [0.3, 0.4) is 0 Å². The summed E-state index contributed by atoms with van der Waals surface area (Å²) in [6, 6.07) is 12.0. The van der Waals surface area contributed by atoms with Gasteiger partial charge in [-0.1, -0.05) is 6.08 Å². The second-order valence-electron chi connectivity index (χ2n) is 5.80. The maximum Gasteiger partial charge on any atom is 0.338 e. The lowest BCUT2D eigenvalue weighted by Crippen LogP contribution is -2.31. The van der Waals surface area contributed by atoms with Crippen LogP contribution in [0.4, 0.5) is 11.4 Å². The predicted octanol–water partition coefficient (Wildman–Crippen LogP) is 3.20. The summed E-state index contributed by atoms with van der Waals surface area (Å²) < 4.78 is 32.3. The molecule has 0 spiro atoms. The molecule has 0 radical (unpaired) electrons. The van der Waals surface area contributed by atoms with Crippen molar-refractivity contribution in [2.75, 3.05) is 22.8 Å². The molecule has 0 aliphatic carbocycles. The Morgan fingerprint density at radius 2 is 1.71 bits per heavy atom. The van der Waals surface area contributed by atoms with Gasteiger partial charge in [0.15, 0.2) is 0 Å². The van der Waals surface area contributed by atoms with Crippen LogP contribution >= 0.6 is 0 Å². The van der Waals surface area contributed by atoms with E-state index < -0.39 is 16.0 Å². The molecule has 0 heterocycles. The molecular formula is C20H22N2O5S. The average Bonchev–Trinajstić information content (AvgIpc) is 2.66. The largest absolute Gasteiger partial charge is 0.462 e. The zero-order valence-corrected chi connectivity index (χ0v) is 16.5. The van der Waals surface area contributed by atoms with E-state index >= 15 is 0 Å². The average molecular weight is 402 g/mol. The van der Waals surface area contributed by atoms with Crippen molar-refractivity contribution < 1.29 is 22.7 Å². The maximum atomic E-state index is 13.1. The Bertz CT molecular complexity index is 951. The standard InChI is InChI=1S/C20H22N2O5S/c1-4-14-22(18-10-6-16(7-11-18)20(24)27-5-2)28(25,26)19-12-8-17(9-13-19)21-15(3)23/h4,6-13H,1,5,14H2,2-3H3,(H,21,23). The van der Waals surface area contributed by atoms with Crippen LogP contribution in [0.15, 0.2) is 66.1 Å². The van der Waals surface area contributed by atoms with Gasteiger partial charge in [0.25, 0.3) is 10.0 Å². The number of benzene rings is 2. The molecule has 0 aromatic heterocycles. The molecular weight excluding hydrogens is 380 g/mol. The molecule has 1 N–H and O–H groups in total. The van der Waals surface area contributed by atoms with Crippen LogP contribution in [0, 0.1) is 0 Å². The van der Waals surface area contributed by atoms with Crippen LogP contribution in [0.5, 0.6) is 0 Å². The number of hydrogen-bond donors (Lipinski definition) is 1. The van der Waals surface area contributed by atoms with Crippen LogP contribution in [0.1, 0.15) is 24.2 Å². The fourth-order valence-corrected chi connectivity index (χ4v) is 3.91. The summed E-state index contributed by atoms with van der Waals surface area (Å²) >= 11 is 0. The number of rotatable bonds is 8. The lowest BCUT2D eigenvalue weighted by Gasteiger charge is -2.23. The van der Waals surface area contributed by atoms with Crippen molar-refractivity contribution in [1.82, 2.24) is 0 Å². The van der Waals surface area contributed by atoms with Crippen molar-refractivity contribution >= 4 is 33.3 Å². The minimum Gasteiger partial charge on any atom is -0.462 e. The predicted molar refractivity (Wildman–Crippen MR) is 108 cm³/mol. The number of ether oxygens (including phenoxy) is 1. The molecule has 1 amide bonds. The van der Waals surface area contributed by atoms with E-state index in [4.69, 9.17) is 4.74 Å². The first-order chi connectivity index (χ1) is 13.3. The van der Waals surface area contributed by atoms with Crippen LogP contribution in [0.25, 0.3) is 0 Å². The van der Waals surface area contributed by atoms with E-state index in [2.05, 4.69) is 11.9 Å². The van der Waals surface area contributed by atoms with Crippen molar-refractivity contribution in [2.45, 2.75) is 18.7 Å². The zero-order valence-electron chi connectivity index (χ0n) is 15.7. The number of nitrogens with one attached hydrogen (secondary N) is 1. The Hall–Kier alpha value is -3.13. The van der Waals surface area contributed by atoms with E-state index in [1.54, 1.807) is 19.1 Å². The van der Waals surface area contributed by atoms with Gasteiger partial charge in [0.05, 0.1) is 29.3 Å². The number of amides is 1. The molecule has 0 atom stereocenters. The molecule has 0 aliphatic rings. The number of sulfonamides is 1. The summed E-state index contributed by atoms with van der Waals surface area (Å²) in [5, 5.41) is 2.59.